The molecule has 3 aromatic carbocycles. The highest BCUT2D eigenvalue weighted by molar-refractivity contribution is 6.33. The molecule has 1 heterocycles. The number of fused-ring (bicyclic) bond motifs is 1. The van der Waals surface area contributed by atoms with Crippen LogP contribution >= 0.6 is 11.6 Å². The number of piperazine rings is 1. The topological polar surface area (TPSA) is 52.7 Å². The Bertz CT molecular complexity index is 1140. The van der Waals surface area contributed by atoms with E-state index in [1.165, 1.54) is 0 Å². The number of halogens is 1. The molecule has 1 aliphatic heterocycles. The molecule has 1 saturated heterocycles. The van der Waals surface area contributed by atoms with E-state index >= 15 is 0 Å². The van der Waals surface area contributed by atoms with E-state index in [9.17, 15) is 9.59 Å². The minimum absolute atomic E-state index is 0.170. The molecule has 0 aromatic heterocycles. The highest BCUT2D eigenvalue weighted by atomic mass is 35.5. The third-order valence-corrected chi connectivity index (χ3v) is 6.08. The van der Waals surface area contributed by atoms with Gasteiger partial charge in [0.1, 0.15) is 0 Å². The smallest absolute Gasteiger partial charge is 0.255 e. The van der Waals surface area contributed by atoms with Gasteiger partial charge in [-0.3, -0.25) is 9.59 Å². The largest absolute Gasteiger partial charge is 0.367 e. The van der Waals surface area contributed by atoms with Crippen LogP contribution in [0.2, 0.25) is 5.02 Å². The van der Waals surface area contributed by atoms with Crippen molar-refractivity contribution in [3.63, 3.8) is 0 Å². The molecule has 0 atom stereocenters. The van der Waals surface area contributed by atoms with Crippen LogP contribution < -0.4 is 10.2 Å². The minimum Gasteiger partial charge on any atom is -0.367 e. The lowest BCUT2D eigenvalue weighted by Crippen LogP contribution is -2.49. The van der Waals surface area contributed by atoms with E-state index in [1.807, 2.05) is 59.5 Å². The Hall–Kier alpha value is -3.05. The van der Waals surface area contributed by atoms with Crippen molar-refractivity contribution in [2.75, 3.05) is 36.4 Å². The highest BCUT2D eigenvalue weighted by Crippen LogP contribution is 2.30. The molecule has 0 unspecified atom stereocenters. The van der Waals surface area contributed by atoms with E-state index < -0.39 is 0 Å². The lowest BCUT2D eigenvalue weighted by Gasteiger charge is -2.36. The van der Waals surface area contributed by atoms with Crippen LogP contribution in [0.4, 0.5) is 11.4 Å². The van der Waals surface area contributed by atoms with Gasteiger partial charge in [0.05, 0.1) is 10.7 Å². The molecule has 166 valence electrons. The van der Waals surface area contributed by atoms with Gasteiger partial charge in [-0.2, -0.15) is 0 Å². The third-order valence-electron chi connectivity index (χ3n) is 5.77. The van der Waals surface area contributed by atoms with Crippen molar-refractivity contribution in [1.29, 1.82) is 0 Å². The van der Waals surface area contributed by atoms with Crippen LogP contribution in [0.5, 0.6) is 0 Å². The van der Waals surface area contributed by atoms with Crippen molar-refractivity contribution in [2.24, 2.45) is 5.92 Å². The van der Waals surface area contributed by atoms with E-state index in [1.54, 1.807) is 6.07 Å². The number of hydrogen-bond donors (Lipinski definition) is 1. The number of rotatable bonds is 5. The van der Waals surface area contributed by atoms with E-state index in [2.05, 4.69) is 24.1 Å². The molecule has 0 saturated carbocycles. The fourth-order valence-electron chi connectivity index (χ4n) is 4.05. The summed E-state index contributed by atoms with van der Waals surface area (Å²) in [6, 6.07) is 19.2. The number of nitrogens with one attached hydrogen (secondary N) is 1. The maximum absolute atomic E-state index is 12.7. The molecular formula is C26H28ClN3O2. The van der Waals surface area contributed by atoms with Crippen LogP contribution in [0.3, 0.4) is 0 Å². The van der Waals surface area contributed by atoms with Crippen LogP contribution in [-0.4, -0.2) is 42.9 Å². The second-order valence-electron chi connectivity index (χ2n) is 8.65. The Morgan fingerprint density at radius 3 is 2.34 bits per heavy atom. The van der Waals surface area contributed by atoms with Gasteiger partial charge >= 0.3 is 0 Å². The molecule has 1 fully saturated rings. The first-order chi connectivity index (χ1) is 15.4. The summed E-state index contributed by atoms with van der Waals surface area (Å²) in [6.07, 6.45) is 0.590. The first-order valence-electron chi connectivity index (χ1n) is 11.0. The molecule has 5 nitrogen and oxygen atoms in total. The lowest BCUT2D eigenvalue weighted by atomic mass is 10.1. The maximum atomic E-state index is 12.7. The zero-order valence-electron chi connectivity index (χ0n) is 18.5. The lowest BCUT2D eigenvalue weighted by molar-refractivity contribution is -0.132. The van der Waals surface area contributed by atoms with E-state index in [-0.39, 0.29) is 11.8 Å². The van der Waals surface area contributed by atoms with Gasteiger partial charge in [-0.1, -0.05) is 55.8 Å². The summed E-state index contributed by atoms with van der Waals surface area (Å²) in [6.45, 7) is 7.01. The van der Waals surface area contributed by atoms with Gasteiger partial charge in [0.15, 0.2) is 0 Å². The zero-order chi connectivity index (χ0) is 22.7. The predicted molar refractivity (Wildman–Crippen MR) is 132 cm³/mol. The Kier molecular flexibility index (Phi) is 6.66. The summed E-state index contributed by atoms with van der Waals surface area (Å²) >= 11 is 6.56. The first kappa shape index (κ1) is 22.2. The van der Waals surface area contributed by atoms with Crippen molar-refractivity contribution < 1.29 is 9.59 Å². The van der Waals surface area contributed by atoms with Crippen LogP contribution in [-0.2, 0) is 4.79 Å². The first-order valence-corrected chi connectivity index (χ1v) is 11.4. The zero-order valence-corrected chi connectivity index (χ0v) is 19.2. The molecule has 0 aliphatic carbocycles. The van der Waals surface area contributed by atoms with Gasteiger partial charge in [0.2, 0.25) is 5.91 Å². The molecule has 3 aromatic rings. The number of benzene rings is 3. The molecule has 2 amide bonds. The molecule has 4 rings (SSSR count). The molecule has 1 aliphatic rings. The predicted octanol–water partition coefficient (Wildman–Crippen LogP) is 5.44. The second-order valence-corrected chi connectivity index (χ2v) is 9.06. The fourth-order valence-corrected chi connectivity index (χ4v) is 4.35. The summed E-state index contributed by atoms with van der Waals surface area (Å²) in [4.78, 5) is 29.2. The normalized spacial score (nSPS) is 14.1. The van der Waals surface area contributed by atoms with Crippen LogP contribution in [0.15, 0.2) is 60.7 Å². The highest BCUT2D eigenvalue weighted by Gasteiger charge is 2.23. The van der Waals surface area contributed by atoms with E-state index in [0.29, 0.717) is 41.7 Å². The minimum atomic E-state index is -0.170. The second kappa shape index (κ2) is 9.61. The average molecular weight is 450 g/mol. The third kappa shape index (κ3) is 5.05. The molecular weight excluding hydrogens is 422 g/mol. The average Bonchev–Trinajstić information content (AvgIpc) is 2.78. The van der Waals surface area contributed by atoms with E-state index in [0.717, 1.165) is 29.5 Å². The van der Waals surface area contributed by atoms with Crippen molar-refractivity contribution in [3.05, 3.63) is 71.2 Å². The Morgan fingerprint density at radius 1 is 0.938 bits per heavy atom. The van der Waals surface area contributed by atoms with Crippen molar-refractivity contribution in [1.82, 2.24) is 4.90 Å². The molecule has 0 bridgehead atoms. The van der Waals surface area contributed by atoms with Gasteiger partial charge in [0.25, 0.3) is 5.91 Å². The Morgan fingerprint density at radius 2 is 1.66 bits per heavy atom. The van der Waals surface area contributed by atoms with Crippen molar-refractivity contribution in [3.8, 4) is 0 Å². The molecule has 0 radical (unpaired) electrons. The van der Waals surface area contributed by atoms with Gasteiger partial charge in [-0.25, -0.2) is 0 Å². The Balaban J connectivity index is 1.40. The quantitative estimate of drug-likeness (QED) is 0.564. The standard InChI is InChI=1S/C26H28ClN3O2/c1-18(2)15-25(31)30-13-11-29(12-14-30)24-10-9-22(17-23(24)27)28-26(32)21-8-7-19-5-3-4-6-20(19)16-21/h3-10,16-18H,11-15H2,1-2H3,(H,28,32). The number of anilines is 2. The molecule has 32 heavy (non-hydrogen) atoms. The Labute approximate surface area is 194 Å². The summed E-state index contributed by atoms with van der Waals surface area (Å²) in [7, 11) is 0. The van der Waals surface area contributed by atoms with Crippen molar-refractivity contribution >= 4 is 45.6 Å². The maximum Gasteiger partial charge on any atom is 0.255 e. The molecule has 0 spiro atoms. The number of carbonyl (C=O) groups is 2. The number of amides is 2. The number of carbonyl (C=O) groups excluding carboxylic acids is 2. The number of nitrogens with zero attached hydrogens (tertiary/aromatic N) is 2. The van der Waals surface area contributed by atoms with Gasteiger partial charge < -0.3 is 15.1 Å². The van der Waals surface area contributed by atoms with Crippen LogP contribution in [0.1, 0.15) is 30.6 Å². The summed E-state index contributed by atoms with van der Waals surface area (Å²) < 4.78 is 0. The van der Waals surface area contributed by atoms with Crippen molar-refractivity contribution in [2.45, 2.75) is 20.3 Å². The summed E-state index contributed by atoms with van der Waals surface area (Å²) in [5, 5.41) is 5.65. The monoisotopic (exact) mass is 449 g/mol. The van der Waals surface area contributed by atoms with Gasteiger partial charge in [-0.05, 0) is 47.0 Å². The molecule has 6 heteroatoms. The summed E-state index contributed by atoms with van der Waals surface area (Å²) in [5.41, 5.74) is 2.18. The summed E-state index contributed by atoms with van der Waals surface area (Å²) in [5.74, 6) is 0.418. The van der Waals surface area contributed by atoms with Gasteiger partial charge in [0, 0.05) is 43.9 Å². The van der Waals surface area contributed by atoms with Gasteiger partial charge in [-0.15, -0.1) is 0 Å². The van der Waals surface area contributed by atoms with Crippen LogP contribution in [0, 0.1) is 5.92 Å². The SMILES string of the molecule is CC(C)CC(=O)N1CCN(c2ccc(NC(=O)c3ccc4ccccc4c3)cc2Cl)CC1. The van der Waals surface area contributed by atoms with E-state index in [4.69, 9.17) is 11.6 Å². The van der Waals surface area contributed by atoms with Crippen LogP contribution in [0.25, 0.3) is 10.8 Å². The number of hydrogen-bond acceptors (Lipinski definition) is 3. The molecule has 1 N–H and O–H groups in total. The fraction of sp³-hybridized carbons (Fsp3) is 0.308.